The SMILES string of the molecule is CC/C=C\C/C=C\C/C=C\C/C=C\C/C=C\CCCCCCCCCCCCCC(=O)OCC(O)COP(=O)(O)OCC(O)COP(=O)(O)OCC(COC(=O)CCCCCCCCCCCCC/C=C\C/C=C\C/C=C\C/C=C\C/C=C\CC)OC(=O)CCCCCCCCCCC/C=C\C/C=C\C/C=C\C/C=C\C/C=C\CC. The van der Waals surface area contributed by atoms with Crippen LogP contribution in [0.25, 0.3) is 0 Å². The molecule has 5 unspecified atom stereocenters. The maximum atomic E-state index is 13.1. The van der Waals surface area contributed by atoms with Gasteiger partial charge in [-0.3, -0.25) is 32.5 Å². The van der Waals surface area contributed by atoms with E-state index in [1.165, 1.54) is 109 Å². The van der Waals surface area contributed by atoms with Crippen molar-refractivity contribution in [2.75, 3.05) is 39.6 Å². The second kappa shape index (κ2) is 87.9. The Kier molecular flexibility index (Phi) is 83.9. The van der Waals surface area contributed by atoms with Crippen molar-refractivity contribution in [1.82, 2.24) is 0 Å². The van der Waals surface area contributed by atoms with Gasteiger partial charge in [0.05, 0.1) is 26.4 Å². The van der Waals surface area contributed by atoms with Gasteiger partial charge in [0.1, 0.15) is 25.4 Å². The van der Waals surface area contributed by atoms with E-state index in [-0.39, 0.29) is 19.3 Å². The Labute approximate surface area is 700 Å². The van der Waals surface area contributed by atoms with Crippen LogP contribution in [-0.2, 0) is 55.8 Å². The minimum atomic E-state index is -4.95. The topological polar surface area (TPSA) is 231 Å². The number of hydrogen-bond acceptors (Lipinski definition) is 14. The van der Waals surface area contributed by atoms with Gasteiger partial charge in [-0.05, 0) is 154 Å². The van der Waals surface area contributed by atoms with Gasteiger partial charge in [0.15, 0.2) is 6.10 Å². The van der Waals surface area contributed by atoms with Crippen molar-refractivity contribution in [3.05, 3.63) is 182 Å². The van der Waals surface area contributed by atoms with E-state index >= 15 is 0 Å². The van der Waals surface area contributed by atoms with Gasteiger partial charge < -0.3 is 34.2 Å². The van der Waals surface area contributed by atoms with Crippen molar-refractivity contribution < 1.29 is 75.8 Å². The summed E-state index contributed by atoms with van der Waals surface area (Å²) in [5.74, 6) is -1.59. The van der Waals surface area contributed by atoms with Crippen molar-refractivity contribution in [3.63, 3.8) is 0 Å². The van der Waals surface area contributed by atoms with Crippen molar-refractivity contribution in [1.29, 1.82) is 0 Å². The summed E-state index contributed by atoms with van der Waals surface area (Å²) >= 11 is 0. The number of carbonyl (C=O) groups is 3. The van der Waals surface area contributed by atoms with E-state index in [0.717, 1.165) is 186 Å². The molecule has 0 rings (SSSR count). The molecular weight excluding hydrogens is 1480 g/mol. The van der Waals surface area contributed by atoms with Gasteiger partial charge >= 0.3 is 33.6 Å². The lowest BCUT2D eigenvalue weighted by Gasteiger charge is -2.21. The van der Waals surface area contributed by atoms with Crippen LogP contribution < -0.4 is 0 Å². The summed E-state index contributed by atoms with van der Waals surface area (Å²) in [6.45, 7) is 2.36. The molecule has 0 fully saturated rings. The second-order valence-electron chi connectivity index (χ2n) is 29.6. The number of phosphoric ester groups is 2. The lowest BCUT2D eigenvalue weighted by molar-refractivity contribution is -0.161. The summed E-state index contributed by atoms with van der Waals surface area (Å²) in [5.41, 5.74) is 0. The van der Waals surface area contributed by atoms with E-state index in [9.17, 15) is 43.5 Å². The molecule has 0 aromatic rings. The molecule has 5 atom stereocenters. The Balaban J connectivity index is 4.69. The number of phosphoric acid groups is 2. The molecule has 18 heteroatoms. The molecular formula is C97H162O16P2. The highest BCUT2D eigenvalue weighted by atomic mass is 31.2. The smallest absolute Gasteiger partial charge is 0.463 e. The Morgan fingerprint density at radius 2 is 0.435 bits per heavy atom. The summed E-state index contributed by atoms with van der Waals surface area (Å²) < 4.78 is 61.5. The zero-order valence-electron chi connectivity index (χ0n) is 72.1. The predicted molar refractivity (Wildman–Crippen MR) is 481 cm³/mol. The van der Waals surface area contributed by atoms with Crippen molar-refractivity contribution in [2.24, 2.45) is 0 Å². The normalized spacial score (nSPS) is 14.7. The predicted octanol–water partition coefficient (Wildman–Crippen LogP) is 27.7. The Bertz CT molecular complexity index is 2820. The first-order valence-electron chi connectivity index (χ1n) is 45.1. The molecule has 0 aromatic carbocycles. The van der Waals surface area contributed by atoms with E-state index in [1.54, 1.807) is 0 Å². The average molecular weight is 1650 g/mol. The van der Waals surface area contributed by atoms with Gasteiger partial charge in [-0.25, -0.2) is 9.13 Å². The van der Waals surface area contributed by atoms with Crippen LogP contribution in [0, 0.1) is 0 Å². The number of hydrogen-bond donors (Lipinski definition) is 4. The molecule has 0 saturated heterocycles. The number of carbonyl (C=O) groups excluding carboxylic acids is 3. The van der Waals surface area contributed by atoms with Gasteiger partial charge in [-0.1, -0.05) is 364 Å². The molecule has 0 aromatic heterocycles. The minimum absolute atomic E-state index is 0.0907. The number of aliphatic hydroxyl groups excluding tert-OH is 2. The number of ether oxygens (including phenoxy) is 3. The highest BCUT2D eigenvalue weighted by molar-refractivity contribution is 7.47. The number of allylic oxidation sites excluding steroid dienone is 30. The zero-order chi connectivity index (χ0) is 83.6. The third-order valence-corrected chi connectivity index (χ3v) is 20.5. The molecule has 4 N–H and O–H groups in total. The Morgan fingerprint density at radius 3 is 0.687 bits per heavy atom. The van der Waals surface area contributed by atoms with Gasteiger partial charge in [0.25, 0.3) is 0 Å². The molecule has 0 amide bonds. The Morgan fingerprint density at radius 1 is 0.243 bits per heavy atom. The van der Waals surface area contributed by atoms with Crippen LogP contribution in [0.1, 0.15) is 355 Å². The number of aliphatic hydroxyl groups is 2. The average Bonchev–Trinajstić information content (AvgIpc) is 0.908. The molecule has 0 aliphatic heterocycles. The number of rotatable bonds is 84. The van der Waals surface area contributed by atoms with Crippen LogP contribution in [-0.4, -0.2) is 95.9 Å². The fourth-order valence-electron chi connectivity index (χ4n) is 11.9. The van der Waals surface area contributed by atoms with Crippen LogP contribution >= 0.6 is 15.6 Å². The van der Waals surface area contributed by atoms with Gasteiger partial charge in [0.2, 0.25) is 0 Å². The third kappa shape index (κ3) is 89.3. The monoisotopic (exact) mass is 1650 g/mol. The van der Waals surface area contributed by atoms with Crippen LogP contribution in [0.2, 0.25) is 0 Å². The molecule has 0 aliphatic rings. The molecule has 0 heterocycles. The van der Waals surface area contributed by atoms with E-state index in [1.807, 2.05) is 0 Å². The van der Waals surface area contributed by atoms with Crippen LogP contribution in [0.3, 0.4) is 0 Å². The molecule has 0 saturated carbocycles. The molecule has 0 bridgehead atoms. The van der Waals surface area contributed by atoms with Gasteiger partial charge in [0, 0.05) is 19.3 Å². The first kappa shape index (κ1) is 110. The van der Waals surface area contributed by atoms with Crippen LogP contribution in [0.4, 0.5) is 0 Å². The van der Waals surface area contributed by atoms with Gasteiger partial charge in [-0.15, -0.1) is 0 Å². The molecule has 656 valence electrons. The molecule has 115 heavy (non-hydrogen) atoms. The fraction of sp³-hybridized carbons (Fsp3) is 0.660. The summed E-state index contributed by atoms with van der Waals surface area (Å²) in [5, 5.41) is 20.7. The van der Waals surface area contributed by atoms with E-state index in [4.69, 9.17) is 32.3 Å². The van der Waals surface area contributed by atoms with Crippen molar-refractivity contribution in [3.8, 4) is 0 Å². The second-order valence-corrected chi connectivity index (χ2v) is 32.5. The fourth-order valence-corrected chi connectivity index (χ4v) is 13.5. The lowest BCUT2D eigenvalue weighted by atomic mass is 10.0. The first-order valence-corrected chi connectivity index (χ1v) is 48.1. The summed E-state index contributed by atoms with van der Waals surface area (Å²) in [7, 11) is -9.82. The van der Waals surface area contributed by atoms with Crippen molar-refractivity contribution >= 4 is 33.6 Å². The molecule has 16 nitrogen and oxygen atoms in total. The third-order valence-electron chi connectivity index (χ3n) is 18.6. The largest absolute Gasteiger partial charge is 0.472 e. The number of esters is 3. The maximum Gasteiger partial charge on any atom is 0.472 e. The highest BCUT2D eigenvalue weighted by Gasteiger charge is 2.29. The molecule has 0 radical (unpaired) electrons. The molecule has 0 aliphatic carbocycles. The molecule has 0 spiro atoms. The first-order chi connectivity index (χ1) is 56.2. The Hall–Kier alpha value is -5.35. The quantitative estimate of drug-likeness (QED) is 0.0146. The minimum Gasteiger partial charge on any atom is -0.463 e. The van der Waals surface area contributed by atoms with E-state index in [0.29, 0.717) is 19.3 Å². The lowest BCUT2D eigenvalue weighted by Crippen LogP contribution is -2.30. The van der Waals surface area contributed by atoms with E-state index < -0.39 is 91.5 Å². The highest BCUT2D eigenvalue weighted by Crippen LogP contribution is 2.45. The van der Waals surface area contributed by atoms with E-state index in [2.05, 4.69) is 203 Å². The summed E-state index contributed by atoms with van der Waals surface area (Å²) in [6.07, 6.45) is 115. The summed E-state index contributed by atoms with van der Waals surface area (Å²) in [4.78, 5) is 59.0. The zero-order valence-corrected chi connectivity index (χ0v) is 73.9. The number of unbranched alkanes of at least 4 members (excludes halogenated alkanes) is 31. The van der Waals surface area contributed by atoms with Crippen LogP contribution in [0.5, 0.6) is 0 Å². The van der Waals surface area contributed by atoms with Crippen LogP contribution in [0.15, 0.2) is 182 Å². The summed E-state index contributed by atoms with van der Waals surface area (Å²) in [6, 6.07) is 0. The standard InChI is InChI=1S/C97H162O16P2/c1-4-7-10-13-16-19-22-25-28-31-34-37-40-43-45-48-50-53-56-59-62-65-68-71-74-77-80-83-95(100)107-86-92(98)87-109-114(103,104)110-88-93(99)89-111-115(105,106)112-91-94(113-97(102)85-82-79-76-73-70-67-64-61-58-55-52-47-42-39-36-33-30-27-24-21-18-15-12-9-6-3)90-108-96(101)84-81-78-75-72-69-66-63-60-57-54-51-49-46-44-41-38-35-32-29-26-23-20-17-14-11-8-5-2/h7-12,16-21,25-30,34-39,43-47,52,92-94,98-99H,4-6,13-15,22-24,31-33,40-42,48-51,53-91H2,1-3H3,(H,103,104)(H,105,106)/b10-7-,11-8-,12-9-,19-16-,20-17-,21-18-,28-25-,29-26-,30-27-,37-34-,38-35-,39-36-,45-43-,46-44-,52-47-. The van der Waals surface area contributed by atoms with Crippen molar-refractivity contribution in [2.45, 2.75) is 373 Å². The maximum absolute atomic E-state index is 13.1. The van der Waals surface area contributed by atoms with Gasteiger partial charge in [-0.2, -0.15) is 0 Å².